The minimum Gasteiger partial charge on any atom is -0.465 e. The molecule has 3 fully saturated rings. The second-order valence-corrected chi connectivity index (χ2v) is 10.2. The van der Waals surface area contributed by atoms with Crippen molar-refractivity contribution in [2.75, 3.05) is 0 Å². The minimum absolute atomic E-state index is 0.265. The molecule has 0 heterocycles. The Kier molecular flexibility index (Phi) is 6.48. The van der Waals surface area contributed by atoms with Crippen molar-refractivity contribution in [3.8, 4) is 5.75 Å². The second kappa shape index (κ2) is 8.97. The van der Waals surface area contributed by atoms with Gasteiger partial charge in [0.15, 0.2) is 6.29 Å². The summed E-state index contributed by atoms with van der Waals surface area (Å²) < 4.78 is 18.3. The number of fused-ring (bicyclic) bond motifs is 5. The Balaban J connectivity index is 1.35. The molecule has 0 saturated heterocycles. The summed E-state index contributed by atoms with van der Waals surface area (Å²) in [6.07, 6.45) is 8.57. The van der Waals surface area contributed by atoms with E-state index in [1.54, 1.807) is 6.92 Å². The fraction of sp³-hybridized carbons (Fsp3) is 0.667. The normalized spacial score (nSPS) is 31.7. The van der Waals surface area contributed by atoms with Crippen LogP contribution >= 0.6 is 0 Å². The largest absolute Gasteiger partial charge is 0.465 e. The predicted octanol–water partition coefficient (Wildman–Crippen LogP) is 6.39. The standard InChI is InChI=1S/C27H38O4/c1-6-14-27(5,31-26(28)17(2)3)20-10-12-21(13-11-20)29-18(4)30-25-16-19-15-24(25)23-9-7-8-22(19)23/h10-13,18-19,22-25H,2,6-9,14-16H2,1,3-5H3. The zero-order chi connectivity index (χ0) is 22.2. The third-order valence-electron chi connectivity index (χ3n) is 7.89. The van der Waals surface area contributed by atoms with Crippen LogP contribution < -0.4 is 4.74 Å². The maximum atomic E-state index is 12.1. The Morgan fingerprint density at radius 1 is 1.16 bits per heavy atom. The molecule has 0 amide bonds. The highest BCUT2D eigenvalue weighted by Gasteiger charge is 2.54. The molecule has 4 nitrogen and oxygen atoms in total. The third kappa shape index (κ3) is 4.55. The summed E-state index contributed by atoms with van der Waals surface area (Å²) >= 11 is 0. The summed E-state index contributed by atoms with van der Waals surface area (Å²) in [5, 5.41) is 0. The smallest absolute Gasteiger partial charge is 0.333 e. The minimum atomic E-state index is -0.674. The van der Waals surface area contributed by atoms with E-state index in [0.717, 1.165) is 47.8 Å². The molecule has 0 aromatic heterocycles. The first-order valence-electron chi connectivity index (χ1n) is 12.1. The average molecular weight is 427 g/mol. The number of esters is 1. The van der Waals surface area contributed by atoms with Gasteiger partial charge in [-0.2, -0.15) is 0 Å². The SMILES string of the molecule is C=C(C)C(=O)OC(C)(CCC)c1ccc(OC(C)OC2CC3CC2C2CCCC32)cc1. The molecule has 0 spiro atoms. The van der Waals surface area contributed by atoms with Crippen LogP contribution in [0.25, 0.3) is 0 Å². The topological polar surface area (TPSA) is 44.8 Å². The van der Waals surface area contributed by atoms with Crippen LogP contribution in [0.15, 0.2) is 36.4 Å². The average Bonchev–Trinajstić information content (AvgIpc) is 3.42. The number of carbonyl (C=O) groups excluding carboxylic acids is 1. The van der Waals surface area contributed by atoms with Crippen LogP contribution in [0, 0.1) is 23.7 Å². The van der Waals surface area contributed by atoms with Gasteiger partial charge in [0, 0.05) is 5.57 Å². The van der Waals surface area contributed by atoms with Crippen LogP contribution in [0.3, 0.4) is 0 Å². The van der Waals surface area contributed by atoms with E-state index in [1.165, 1.54) is 32.1 Å². The Bertz CT molecular complexity index is 800. The molecule has 31 heavy (non-hydrogen) atoms. The quantitative estimate of drug-likeness (QED) is 0.261. The monoisotopic (exact) mass is 426 g/mol. The number of ether oxygens (including phenoxy) is 3. The number of hydrogen-bond donors (Lipinski definition) is 0. The van der Waals surface area contributed by atoms with E-state index in [2.05, 4.69) is 13.5 Å². The molecular formula is C27H38O4. The Morgan fingerprint density at radius 2 is 1.87 bits per heavy atom. The van der Waals surface area contributed by atoms with Gasteiger partial charge in [0.25, 0.3) is 0 Å². The lowest BCUT2D eigenvalue weighted by molar-refractivity contribution is -0.155. The van der Waals surface area contributed by atoms with Crippen LogP contribution in [0.1, 0.15) is 78.2 Å². The summed E-state index contributed by atoms with van der Waals surface area (Å²) in [5.74, 6) is 3.92. The first-order chi connectivity index (χ1) is 14.8. The van der Waals surface area contributed by atoms with Gasteiger partial charge < -0.3 is 14.2 Å². The third-order valence-corrected chi connectivity index (χ3v) is 7.89. The lowest BCUT2D eigenvalue weighted by Gasteiger charge is -2.33. The fourth-order valence-corrected chi connectivity index (χ4v) is 6.54. The molecule has 1 aromatic rings. The fourth-order valence-electron chi connectivity index (χ4n) is 6.54. The van der Waals surface area contributed by atoms with Crippen molar-refractivity contribution in [3.05, 3.63) is 42.0 Å². The first-order valence-corrected chi connectivity index (χ1v) is 12.1. The van der Waals surface area contributed by atoms with Crippen molar-refractivity contribution >= 4 is 5.97 Å². The molecule has 0 N–H and O–H groups in total. The van der Waals surface area contributed by atoms with Gasteiger partial charge in [-0.3, -0.25) is 0 Å². The molecule has 4 heteroatoms. The summed E-state index contributed by atoms with van der Waals surface area (Å²) in [6, 6.07) is 7.88. The zero-order valence-electron chi connectivity index (χ0n) is 19.6. The second-order valence-electron chi connectivity index (χ2n) is 10.2. The molecule has 7 unspecified atom stereocenters. The van der Waals surface area contributed by atoms with E-state index in [1.807, 2.05) is 38.1 Å². The molecule has 1 aromatic carbocycles. The highest BCUT2D eigenvalue weighted by atomic mass is 16.7. The highest BCUT2D eigenvalue weighted by Crippen LogP contribution is 2.59. The summed E-state index contributed by atoms with van der Waals surface area (Å²) in [5.41, 5.74) is 0.704. The molecule has 170 valence electrons. The summed E-state index contributed by atoms with van der Waals surface area (Å²) in [6.45, 7) is 11.4. The molecule has 0 radical (unpaired) electrons. The van der Waals surface area contributed by atoms with Crippen LogP contribution in [-0.4, -0.2) is 18.4 Å². The van der Waals surface area contributed by atoms with Crippen LogP contribution in [0.4, 0.5) is 0 Å². The van der Waals surface area contributed by atoms with E-state index < -0.39 is 5.60 Å². The van der Waals surface area contributed by atoms with Crippen molar-refractivity contribution in [2.45, 2.75) is 90.6 Å². The number of hydrogen-bond acceptors (Lipinski definition) is 4. The van der Waals surface area contributed by atoms with Crippen LogP contribution in [0.2, 0.25) is 0 Å². The first kappa shape index (κ1) is 22.4. The van der Waals surface area contributed by atoms with Gasteiger partial charge in [-0.1, -0.05) is 38.5 Å². The van der Waals surface area contributed by atoms with Crippen LogP contribution in [0.5, 0.6) is 5.75 Å². The van der Waals surface area contributed by atoms with Crippen molar-refractivity contribution in [3.63, 3.8) is 0 Å². The van der Waals surface area contributed by atoms with E-state index >= 15 is 0 Å². The van der Waals surface area contributed by atoms with Gasteiger partial charge in [-0.25, -0.2) is 4.79 Å². The molecule has 4 rings (SSSR count). The molecular weight excluding hydrogens is 388 g/mol. The van der Waals surface area contributed by atoms with E-state index in [9.17, 15) is 4.79 Å². The Labute approximate surface area is 187 Å². The molecule has 3 saturated carbocycles. The lowest BCUT2D eigenvalue weighted by atomic mass is 9.80. The number of carbonyl (C=O) groups is 1. The van der Waals surface area contributed by atoms with E-state index in [4.69, 9.17) is 14.2 Å². The van der Waals surface area contributed by atoms with E-state index in [0.29, 0.717) is 11.7 Å². The maximum absolute atomic E-state index is 12.1. The number of benzene rings is 1. The molecule has 3 aliphatic carbocycles. The van der Waals surface area contributed by atoms with Crippen molar-refractivity contribution in [2.24, 2.45) is 23.7 Å². The molecule has 3 aliphatic rings. The van der Waals surface area contributed by atoms with Crippen LogP contribution in [-0.2, 0) is 19.9 Å². The van der Waals surface area contributed by atoms with Gasteiger partial charge >= 0.3 is 5.97 Å². The van der Waals surface area contributed by atoms with Gasteiger partial charge in [0.1, 0.15) is 11.4 Å². The van der Waals surface area contributed by atoms with Gasteiger partial charge in [0.05, 0.1) is 6.10 Å². The molecule has 7 atom stereocenters. The van der Waals surface area contributed by atoms with Crippen molar-refractivity contribution in [1.82, 2.24) is 0 Å². The summed E-state index contributed by atoms with van der Waals surface area (Å²) in [4.78, 5) is 12.1. The highest BCUT2D eigenvalue weighted by molar-refractivity contribution is 5.87. The lowest BCUT2D eigenvalue weighted by Crippen LogP contribution is -2.34. The zero-order valence-corrected chi connectivity index (χ0v) is 19.6. The summed E-state index contributed by atoms with van der Waals surface area (Å²) in [7, 11) is 0. The Morgan fingerprint density at radius 3 is 2.55 bits per heavy atom. The van der Waals surface area contributed by atoms with Gasteiger partial charge in [-0.15, -0.1) is 0 Å². The molecule has 0 aliphatic heterocycles. The Hall–Kier alpha value is -1.81. The maximum Gasteiger partial charge on any atom is 0.333 e. The van der Waals surface area contributed by atoms with Crippen molar-refractivity contribution in [1.29, 1.82) is 0 Å². The van der Waals surface area contributed by atoms with Crippen molar-refractivity contribution < 1.29 is 19.0 Å². The number of rotatable bonds is 9. The predicted molar refractivity (Wildman–Crippen MR) is 122 cm³/mol. The van der Waals surface area contributed by atoms with Gasteiger partial charge in [-0.05, 0) is 94.2 Å². The van der Waals surface area contributed by atoms with E-state index in [-0.39, 0.29) is 12.3 Å². The van der Waals surface area contributed by atoms with Gasteiger partial charge in [0.2, 0.25) is 0 Å². The molecule has 2 bridgehead atoms.